The van der Waals surface area contributed by atoms with Crippen molar-refractivity contribution in [3.8, 4) is 0 Å². The monoisotopic (exact) mass is 1060 g/mol. The lowest BCUT2D eigenvalue weighted by molar-refractivity contribution is -0.553. The van der Waals surface area contributed by atoms with Crippen molar-refractivity contribution >= 4 is 55.5 Å². The molecule has 4 aliphatic heterocycles. The number of hydrogen-bond acceptors (Lipinski definition) is 20. The molecule has 1 unspecified atom stereocenters. The number of nitrogen functional groups attached to an aromatic ring is 2. The van der Waals surface area contributed by atoms with Gasteiger partial charge in [0, 0.05) is 13.1 Å². The summed E-state index contributed by atoms with van der Waals surface area (Å²) in [6.45, 7) is 3.97. The van der Waals surface area contributed by atoms with Crippen LogP contribution in [-0.2, 0) is 37.1 Å². The molecule has 4 saturated heterocycles. The molecule has 0 bridgehead atoms. The highest BCUT2D eigenvalue weighted by Gasteiger charge is 2.47. The van der Waals surface area contributed by atoms with E-state index in [1.54, 1.807) is 0 Å². The largest absolute Gasteiger partial charge is 0.469 e. The summed E-state index contributed by atoms with van der Waals surface area (Å²) in [4.78, 5) is 51.3. The van der Waals surface area contributed by atoms with E-state index >= 15 is 0 Å². The van der Waals surface area contributed by atoms with E-state index in [-0.39, 0.29) is 37.0 Å². The summed E-state index contributed by atoms with van der Waals surface area (Å²) in [7, 11) is -8.79. The smallest absolute Gasteiger partial charge is 0.387 e. The van der Waals surface area contributed by atoms with Crippen LogP contribution in [0.15, 0.2) is 25.3 Å². The molecule has 6 fully saturated rings. The molecule has 29 nitrogen and oxygen atoms in total. The number of ether oxygens (including phenoxy) is 4. The summed E-state index contributed by atoms with van der Waals surface area (Å²) in [5, 5.41) is 48.5. The Morgan fingerprint density at radius 2 is 1.08 bits per heavy atom. The van der Waals surface area contributed by atoms with Gasteiger partial charge < -0.3 is 65.5 Å². The third-order valence-electron chi connectivity index (χ3n) is 13.4. The summed E-state index contributed by atoms with van der Waals surface area (Å²) >= 11 is 0. The lowest BCUT2D eigenvalue weighted by atomic mass is 9.95. The van der Waals surface area contributed by atoms with Gasteiger partial charge in [-0.2, -0.15) is 0 Å². The molecule has 6 aliphatic rings. The number of phosphoric acid groups is 1. The predicted molar refractivity (Wildman–Crippen MR) is 253 cm³/mol. The Bertz CT molecular complexity index is 2490. The van der Waals surface area contributed by atoms with E-state index in [0.29, 0.717) is 42.0 Å². The molecule has 0 spiro atoms. The van der Waals surface area contributed by atoms with E-state index in [1.165, 1.54) is 109 Å². The fraction of sp³-hybridized carbons (Fsp3) is 0.732. The maximum atomic E-state index is 12.4. The van der Waals surface area contributed by atoms with Gasteiger partial charge in [0.15, 0.2) is 35.4 Å². The number of nitrogens with zero attached hydrogens (tertiary/aromatic N) is 10. The molecule has 8 heterocycles. The van der Waals surface area contributed by atoms with Gasteiger partial charge in [-0.15, -0.1) is 0 Å². The Hall–Kier alpha value is -4.13. The summed E-state index contributed by atoms with van der Waals surface area (Å²) in [5.41, 5.74) is 12.7. The van der Waals surface area contributed by atoms with Gasteiger partial charge in [-0.1, -0.05) is 38.5 Å². The number of aliphatic hydroxyl groups excluding tert-OH is 4. The molecule has 0 amide bonds. The molecule has 2 aliphatic carbocycles. The number of imidazole rings is 2. The quantitative estimate of drug-likeness (QED) is 0.0480. The van der Waals surface area contributed by atoms with Crippen LogP contribution < -0.4 is 22.1 Å². The highest BCUT2D eigenvalue weighted by molar-refractivity contribution is 7.50. The van der Waals surface area contributed by atoms with Gasteiger partial charge in [0.2, 0.25) is 0 Å². The second-order valence-corrected chi connectivity index (χ2v) is 21.3. The fourth-order valence-electron chi connectivity index (χ4n) is 9.43. The first-order valence-electron chi connectivity index (χ1n) is 24.2. The van der Waals surface area contributed by atoms with Crippen molar-refractivity contribution in [2.45, 2.75) is 125 Å². The SMILES string of the molecule is C1CCC(NC(NC2CCCCC2)=[N+]2CCOCC2)CC1.Nc1ncnc2c1ncn2[C@@H]1O[C@H](COP(=O)(O)N2CCOCC2)[C@@H](O)[C@H]1O.Nc1ncnc2c1ncn2[C@@H]1O[C@H](COP(=O)(O)O)[C@@H](O)[C@H]1O. The highest BCUT2D eigenvalue weighted by Crippen LogP contribution is 2.47. The van der Waals surface area contributed by atoms with Crippen molar-refractivity contribution in [1.29, 1.82) is 0 Å². The highest BCUT2D eigenvalue weighted by atomic mass is 31.2. The number of nitrogens with two attached hydrogens (primary N) is 2. The molecule has 0 aromatic carbocycles. The van der Waals surface area contributed by atoms with Gasteiger partial charge in [0.1, 0.15) is 60.3 Å². The van der Waals surface area contributed by atoms with E-state index in [9.17, 15) is 34.4 Å². The first kappa shape index (κ1) is 54.1. The molecule has 31 heteroatoms. The van der Waals surface area contributed by atoms with Crippen LogP contribution in [0.2, 0.25) is 0 Å². The molecule has 9 atom stereocenters. The Morgan fingerprint density at radius 1 is 0.639 bits per heavy atom. The van der Waals surface area contributed by atoms with E-state index < -0.39 is 71.3 Å². The van der Waals surface area contributed by atoms with Crippen molar-refractivity contribution in [3.05, 3.63) is 25.3 Å². The Balaban J connectivity index is 0.000000146. The normalized spacial score (nSPS) is 28.7. The third-order valence-corrected chi connectivity index (χ3v) is 15.5. The molecule has 2 saturated carbocycles. The van der Waals surface area contributed by atoms with Crippen molar-refractivity contribution in [2.24, 2.45) is 0 Å². The van der Waals surface area contributed by atoms with Crippen molar-refractivity contribution < 1.29 is 76.8 Å². The van der Waals surface area contributed by atoms with E-state index in [4.69, 9.17) is 44.7 Å². The second kappa shape index (κ2) is 24.5. The van der Waals surface area contributed by atoms with Crippen LogP contribution in [0.5, 0.6) is 0 Å². The molecule has 4 aromatic rings. The van der Waals surface area contributed by atoms with Gasteiger partial charge in [-0.3, -0.25) is 33.4 Å². The predicted octanol–water partition coefficient (Wildman–Crippen LogP) is -1.16. The maximum Gasteiger partial charge on any atom is 0.469 e. The number of hydrogen-bond donors (Lipinski definition) is 11. The number of aromatic nitrogens is 8. The molecule has 4 aromatic heterocycles. The lowest BCUT2D eigenvalue weighted by Crippen LogP contribution is -2.54. The van der Waals surface area contributed by atoms with Crippen LogP contribution in [0.25, 0.3) is 22.3 Å². The van der Waals surface area contributed by atoms with Gasteiger partial charge in [0.25, 0.3) is 0 Å². The Morgan fingerprint density at radius 3 is 1.54 bits per heavy atom. The van der Waals surface area contributed by atoms with Crippen LogP contribution in [0.1, 0.15) is 76.7 Å². The molecule has 13 N–H and O–H groups in total. The number of anilines is 2. The third kappa shape index (κ3) is 13.4. The average molecular weight is 1060 g/mol. The molecule has 72 heavy (non-hydrogen) atoms. The van der Waals surface area contributed by atoms with Gasteiger partial charge >= 0.3 is 21.5 Å². The van der Waals surface area contributed by atoms with Crippen LogP contribution in [-0.4, -0.2) is 204 Å². The topological polar surface area (TPSA) is 401 Å². The first-order chi connectivity index (χ1) is 34.6. The molecule has 400 valence electrons. The van der Waals surface area contributed by atoms with Crippen molar-refractivity contribution in [3.63, 3.8) is 0 Å². The molecular formula is C41H67N14O15P2+. The minimum Gasteiger partial charge on any atom is -0.387 e. The van der Waals surface area contributed by atoms with Crippen LogP contribution in [0.3, 0.4) is 0 Å². The van der Waals surface area contributed by atoms with Crippen molar-refractivity contribution in [1.82, 2.24) is 54.3 Å². The second-order valence-electron chi connectivity index (χ2n) is 18.3. The first-order valence-corrected chi connectivity index (χ1v) is 27.3. The maximum absolute atomic E-state index is 12.4. The van der Waals surface area contributed by atoms with Crippen LogP contribution in [0, 0.1) is 0 Å². The minimum absolute atomic E-state index is 0.142. The number of nitrogens with one attached hydrogen (secondary N) is 2. The number of aliphatic hydroxyl groups is 4. The van der Waals surface area contributed by atoms with E-state index in [0.717, 1.165) is 26.3 Å². The van der Waals surface area contributed by atoms with Crippen LogP contribution in [0.4, 0.5) is 11.6 Å². The zero-order chi connectivity index (χ0) is 51.0. The summed E-state index contributed by atoms with van der Waals surface area (Å²) in [6, 6.07) is 1.35. The molecule has 10 rings (SSSR count). The van der Waals surface area contributed by atoms with Crippen LogP contribution >= 0.6 is 15.6 Å². The number of fused-ring (bicyclic) bond motifs is 2. The number of guanidine groups is 1. The summed E-state index contributed by atoms with van der Waals surface area (Å²) in [5.74, 6) is 1.61. The fourth-order valence-corrected chi connectivity index (χ4v) is 10.9. The van der Waals surface area contributed by atoms with E-state index in [2.05, 4.69) is 49.6 Å². The number of rotatable bonds is 11. The minimum atomic E-state index is -4.72. The lowest BCUT2D eigenvalue weighted by Gasteiger charge is -2.30. The number of morpholine rings is 2. The Kier molecular flexibility index (Phi) is 18.4. The molecular weight excluding hydrogens is 990 g/mol. The summed E-state index contributed by atoms with van der Waals surface area (Å²) < 4.78 is 60.9. The average Bonchev–Trinajstić information content (AvgIpc) is 4.16. The van der Waals surface area contributed by atoms with Gasteiger partial charge in [-0.25, -0.2) is 43.7 Å². The molecule has 0 radical (unpaired) electrons. The summed E-state index contributed by atoms with van der Waals surface area (Å²) in [6.07, 6.45) is 9.11. The van der Waals surface area contributed by atoms with Gasteiger partial charge in [0.05, 0.1) is 77.5 Å². The Labute approximate surface area is 413 Å². The standard InChI is InChI=1S/C17H31N3O.C14H21N6O7P.C10H14N5O7P/c1-3-7-15(8-4-1)18-17(20-11-13-21-14-12-20)19-16-9-5-2-6-10-16;15-12-9-13(17-6-16-12)20(7-18-9)14-11(22)10(21)8(27-14)5-26-28(23,24)19-1-3-25-4-2-19;11-8-5-9(13-2-12-8)15(3-14-5)10-7(17)6(16)4(22-10)1-21-23(18,19)20/h15-16H,1-14H2,(H,18,19);6-8,10-11,14,21-22H,1-5H2,(H,23,24)(H2,15,16,17);2-4,6-7,10,16-17H,1H2,(H2,11,12,13)(H2,18,19,20)/p+1/t;8-,10-,11-,14-;4-,6-,7-,10-/m.11/s1. The van der Waals surface area contributed by atoms with Crippen molar-refractivity contribution in [2.75, 3.05) is 77.3 Å². The zero-order valence-electron chi connectivity index (χ0n) is 39.6. The zero-order valence-corrected chi connectivity index (χ0v) is 41.4. The van der Waals surface area contributed by atoms with Gasteiger partial charge in [-0.05, 0) is 25.7 Å². The van der Waals surface area contributed by atoms with E-state index in [1.807, 2.05) is 0 Å². The number of phosphoric ester groups is 1.